The molecule has 62 heavy (non-hydrogen) atoms. The first-order valence-electron chi connectivity index (χ1n) is 21.5. The first-order valence-corrected chi connectivity index (χ1v) is 21.5. The van der Waals surface area contributed by atoms with E-state index in [0.29, 0.717) is 82.5 Å². The molecule has 10 rings (SSSR count). The van der Waals surface area contributed by atoms with Gasteiger partial charge in [0.2, 0.25) is 0 Å². The average molecular weight is 827 g/mol. The van der Waals surface area contributed by atoms with Gasteiger partial charge in [-0.25, -0.2) is 9.97 Å². The summed E-state index contributed by atoms with van der Waals surface area (Å²) in [6.45, 7) is 16.6. The van der Waals surface area contributed by atoms with Crippen LogP contribution in [0.5, 0.6) is 0 Å². The normalized spacial score (nSPS) is 16.0. The average Bonchev–Trinajstić information content (AvgIpc) is 3.29. The minimum atomic E-state index is -0.420. The zero-order valence-corrected chi connectivity index (χ0v) is 35.9. The highest BCUT2D eigenvalue weighted by molar-refractivity contribution is 5.92. The molecule has 0 spiro atoms. The number of fused-ring (bicyclic) bond motifs is 4. The lowest BCUT2D eigenvalue weighted by molar-refractivity contribution is 0.189. The number of hydrogen-bond donors (Lipinski definition) is 1. The number of aromatic nitrogens is 2. The Morgan fingerprint density at radius 1 is 0.597 bits per heavy atom. The van der Waals surface area contributed by atoms with E-state index in [-0.39, 0.29) is 17.5 Å². The Hall–Kier alpha value is -6.56. The molecule has 0 bridgehead atoms. The molecule has 2 aliphatic carbocycles. The molecule has 2 saturated heterocycles. The van der Waals surface area contributed by atoms with Gasteiger partial charge in [0.25, 0.3) is 0 Å². The predicted molar refractivity (Wildman–Crippen MR) is 248 cm³/mol. The maximum Gasteiger partial charge on any atom is 0.195 e. The predicted octanol–water partition coefficient (Wildman–Crippen LogP) is 8.38. The lowest BCUT2D eigenvalue weighted by atomic mass is 9.91. The second-order valence-electron chi connectivity index (χ2n) is 17.4. The van der Waals surface area contributed by atoms with E-state index in [2.05, 4.69) is 57.7 Å². The van der Waals surface area contributed by atoms with Crippen LogP contribution >= 0.6 is 0 Å². The van der Waals surface area contributed by atoms with E-state index in [9.17, 15) is 14.7 Å². The van der Waals surface area contributed by atoms with Gasteiger partial charge < -0.3 is 28.6 Å². The van der Waals surface area contributed by atoms with Crippen LogP contribution in [0.2, 0.25) is 0 Å². The van der Waals surface area contributed by atoms with E-state index < -0.39 is 5.54 Å². The SMILES string of the molecule is Cc1c2nc3ccccc3oc-2c(-c2ccc(N3CCN(c4c5nc6ccccc6oc-5c(-c5ccc(N6CCN(CCO)CC6)cc5)c(=O)c4C)C(C)(C)C3)cc2)c(=O)c1C. The Morgan fingerprint density at radius 3 is 1.66 bits per heavy atom. The van der Waals surface area contributed by atoms with Gasteiger partial charge in [-0.05, 0) is 99.8 Å². The summed E-state index contributed by atoms with van der Waals surface area (Å²) in [5.41, 5.74) is 11.3. The zero-order chi connectivity index (χ0) is 42.9. The van der Waals surface area contributed by atoms with Gasteiger partial charge >= 0.3 is 0 Å². The summed E-state index contributed by atoms with van der Waals surface area (Å²) >= 11 is 0. The number of hydrogen-bond acceptors (Lipinski definition) is 11. The van der Waals surface area contributed by atoms with Crippen molar-refractivity contribution in [1.29, 1.82) is 0 Å². The Labute approximate surface area is 360 Å². The van der Waals surface area contributed by atoms with Crippen molar-refractivity contribution in [2.24, 2.45) is 0 Å². The van der Waals surface area contributed by atoms with Gasteiger partial charge in [0, 0.05) is 74.9 Å². The maximum atomic E-state index is 14.7. The van der Waals surface area contributed by atoms with E-state index in [0.717, 1.165) is 71.0 Å². The Kier molecular flexibility index (Phi) is 9.84. The van der Waals surface area contributed by atoms with Gasteiger partial charge in [-0.15, -0.1) is 0 Å². The standard InChI is InChI=1S/C51H50N6O5/c1-31-32(2)47(59)42(49-44(31)52-38-10-6-8-12-40(38)61-49)34-16-20-37(21-17-34)56-26-27-57(51(4,5)30-56)46-33(3)48(60)43(50-45(46)53-39-11-7-9-13-41(39)62-50)35-14-18-36(19-15-35)55-24-22-54(23-25-55)28-29-58/h6-21,58H,22-30H2,1-5H3. The van der Waals surface area contributed by atoms with Crippen LogP contribution in [0.1, 0.15) is 30.5 Å². The number of piperazine rings is 2. The minimum absolute atomic E-state index is 0.0562. The molecular weight excluding hydrogens is 777 g/mol. The number of nitrogens with zero attached hydrogens (tertiary/aromatic N) is 6. The van der Waals surface area contributed by atoms with Crippen molar-refractivity contribution in [3.8, 4) is 45.2 Å². The molecule has 4 aromatic rings. The number of anilines is 3. The fourth-order valence-electron chi connectivity index (χ4n) is 9.59. The molecule has 11 heteroatoms. The number of aliphatic hydroxyl groups excluding tert-OH is 1. The van der Waals surface area contributed by atoms with Crippen LogP contribution in [0.25, 0.3) is 67.4 Å². The minimum Gasteiger partial charge on any atom is -0.452 e. The maximum absolute atomic E-state index is 14.7. The first-order chi connectivity index (χ1) is 30.0. The van der Waals surface area contributed by atoms with Gasteiger partial charge in [-0.2, -0.15) is 0 Å². The second kappa shape index (κ2) is 15.4. The summed E-state index contributed by atoms with van der Waals surface area (Å²) in [6, 6.07) is 31.8. The monoisotopic (exact) mass is 826 g/mol. The third-order valence-electron chi connectivity index (χ3n) is 13.1. The smallest absolute Gasteiger partial charge is 0.195 e. The van der Waals surface area contributed by atoms with Crippen molar-refractivity contribution >= 4 is 39.3 Å². The Morgan fingerprint density at radius 2 is 1.10 bits per heavy atom. The molecule has 0 unspecified atom stereocenters. The van der Waals surface area contributed by atoms with Crippen molar-refractivity contribution in [2.75, 3.05) is 73.7 Å². The number of β-amino-alcohol motifs (C(OH)–C–C–N with tert-alkyl or cyclic N) is 1. The Bertz CT molecular complexity index is 3040. The van der Waals surface area contributed by atoms with Crippen LogP contribution < -0.4 is 25.6 Å². The van der Waals surface area contributed by atoms with E-state index in [1.165, 1.54) is 0 Å². The van der Waals surface area contributed by atoms with Crippen molar-refractivity contribution < 1.29 is 13.9 Å². The number of para-hydroxylation sites is 4. The van der Waals surface area contributed by atoms with Gasteiger partial charge in [0.05, 0.1) is 29.0 Å². The van der Waals surface area contributed by atoms with Gasteiger partial charge in [-0.1, -0.05) is 48.5 Å². The van der Waals surface area contributed by atoms with Crippen LogP contribution in [0.15, 0.2) is 115 Å². The molecule has 0 atom stereocenters. The summed E-state index contributed by atoms with van der Waals surface area (Å²) in [4.78, 5) is 48.1. The fourth-order valence-corrected chi connectivity index (χ4v) is 9.59. The fraction of sp³-hybridized carbons (Fsp3) is 0.294. The van der Waals surface area contributed by atoms with E-state index in [1.807, 2.05) is 93.6 Å². The van der Waals surface area contributed by atoms with Gasteiger partial charge in [0.1, 0.15) is 22.4 Å². The lowest BCUT2D eigenvalue weighted by Gasteiger charge is -2.50. The highest BCUT2D eigenvalue weighted by Crippen LogP contribution is 2.44. The first kappa shape index (κ1) is 39.6. The molecule has 1 N–H and O–H groups in total. The quantitative estimate of drug-likeness (QED) is 0.156. The van der Waals surface area contributed by atoms with Gasteiger partial charge in [0.15, 0.2) is 33.5 Å². The summed E-state index contributed by atoms with van der Waals surface area (Å²) in [5.74, 6) is 0.986. The van der Waals surface area contributed by atoms with Crippen molar-refractivity contribution in [1.82, 2.24) is 14.9 Å². The molecule has 314 valence electrons. The summed E-state index contributed by atoms with van der Waals surface area (Å²) < 4.78 is 13.1. The molecule has 11 nitrogen and oxygen atoms in total. The molecule has 0 aromatic heterocycles. The topological polar surface area (TPSA) is 119 Å². The van der Waals surface area contributed by atoms with Crippen molar-refractivity contribution in [2.45, 2.75) is 40.2 Å². The molecule has 4 aliphatic heterocycles. The highest BCUT2D eigenvalue weighted by atomic mass is 16.3. The number of benzene rings is 6. The summed E-state index contributed by atoms with van der Waals surface area (Å²) in [5, 5.41) is 9.38. The van der Waals surface area contributed by atoms with Crippen LogP contribution in [-0.2, 0) is 0 Å². The molecule has 6 aliphatic rings. The van der Waals surface area contributed by atoms with Gasteiger partial charge in [-0.3, -0.25) is 14.5 Å². The third kappa shape index (κ3) is 6.67. The van der Waals surface area contributed by atoms with Crippen LogP contribution in [0.4, 0.5) is 17.1 Å². The largest absolute Gasteiger partial charge is 0.452 e. The molecule has 0 radical (unpaired) electrons. The molecule has 0 amide bonds. The van der Waals surface area contributed by atoms with E-state index >= 15 is 0 Å². The summed E-state index contributed by atoms with van der Waals surface area (Å²) in [6.07, 6.45) is 0. The van der Waals surface area contributed by atoms with Crippen LogP contribution in [0.3, 0.4) is 0 Å². The van der Waals surface area contributed by atoms with Crippen LogP contribution in [0, 0.1) is 20.8 Å². The number of aliphatic hydroxyl groups is 1. The summed E-state index contributed by atoms with van der Waals surface area (Å²) in [7, 11) is 0. The highest BCUT2D eigenvalue weighted by Gasteiger charge is 2.39. The van der Waals surface area contributed by atoms with E-state index in [4.69, 9.17) is 18.8 Å². The second-order valence-corrected chi connectivity index (χ2v) is 17.4. The van der Waals surface area contributed by atoms with Crippen LogP contribution in [-0.4, -0.2) is 84.5 Å². The zero-order valence-electron chi connectivity index (χ0n) is 35.9. The molecule has 4 aromatic carbocycles. The molecular formula is C51H50N6O5. The Balaban J connectivity index is 0.974. The lowest BCUT2D eigenvalue weighted by Crippen LogP contribution is -2.60. The van der Waals surface area contributed by atoms with E-state index in [1.54, 1.807) is 0 Å². The van der Waals surface area contributed by atoms with Crippen molar-refractivity contribution in [3.63, 3.8) is 0 Å². The molecule has 4 heterocycles. The molecule has 0 saturated carbocycles. The molecule has 2 fully saturated rings. The van der Waals surface area contributed by atoms with Crippen molar-refractivity contribution in [3.05, 3.63) is 134 Å². The third-order valence-corrected chi connectivity index (χ3v) is 13.1. The number of rotatable bonds is 7.